The van der Waals surface area contributed by atoms with Gasteiger partial charge in [0, 0.05) is 19.3 Å². The summed E-state index contributed by atoms with van der Waals surface area (Å²) >= 11 is 0. The third kappa shape index (κ3) is 47.7. The van der Waals surface area contributed by atoms with E-state index in [-0.39, 0.29) is 31.1 Å². The van der Waals surface area contributed by atoms with Gasteiger partial charge >= 0.3 is 17.9 Å². The number of hydrogen-bond donors (Lipinski definition) is 0. The molecule has 0 aromatic carbocycles. The van der Waals surface area contributed by atoms with Gasteiger partial charge in [0.1, 0.15) is 13.2 Å². The van der Waals surface area contributed by atoms with Crippen molar-refractivity contribution in [1.82, 2.24) is 0 Å². The van der Waals surface area contributed by atoms with E-state index in [0.717, 1.165) is 103 Å². The van der Waals surface area contributed by atoms with Crippen LogP contribution in [-0.2, 0) is 28.6 Å². The number of ether oxygens (including phenoxy) is 3. The number of rotatable bonds is 45. The summed E-state index contributed by atoms with van der Waals surface area (Å²) < 4.78 is 16.7. The van der Waals surface area contributed by atoms with Crippen LogP contribution in [-0.4, -0.2) is 37.2 Å². The molecule has 0 N–H and O–H groups in total. The number of carbonyl (C=O) groups excluding carboxylic acids is 3. The predicted octanol–water partition coefficient (Wildman–Crippen LogP) is 16.6. The Labute approximate surface area is 376 Å². The fourth-order valence-electron chi connectivity index (χ4n) is 6.99. The molecule has 0 heterocycles. The highest BCUT2D eigenvalue weighted by molar-refractivity contribution is 5.71. The molecule has 0 saturated carbocycles. The first-order valence-electron chi connectivity index (χ1n) is 25.5. The SMILES string of the molecule is CC\C=C/C=C\C=C/CCCCCCCC(=O)OC(COC(=O)CCCC/C=C\C/C=C\C/C=C\CC)COC(=O)CCCCCCCCCCCCCCCCCCCC. The van der Waals surface area contributed by atoms with E-state index in [1.54, 1.807) is 0 Å². The normalized spacial score (nSPS) is 12.6. The van der Waals surface area contributed by atoms with E-state index in [1.807, 2.05) is 0 Å². The van der Waals surface area contributed by atoms with Gasteiger partial charge in [-0.05, 0) is 70.6 Å². The number of carbonyl (C=O) groups is 3. The van der Waals surface area contributed by atoms with Crippen LogP contribution in [0.1, 0.15) is 239 Å². The highest BCUT2D eigenvalue weighted by Crippen LogP contribution is 2.15. The number of hydrogen-bond acceptors (Lipinski definition) is 6. The van der Waals surface area contributed by atoms with Crippen LogP contribution in [0.15, 0.2) is 72.9 Å². The van der Waals surface area contributed by atoms with Crippen molar-refractivity contribution < 1.29 is 28.6 Å². The molecule has 61 heavy (non-hydrogen) atoms. The summed E-state index contributed by atoms with van der Waals surface area (Å²) in [5.41, 5.74) is 0. The van der Waals surface area contributed by atoms with Crippen molar-refractivity contribution in [3.8, 4) is 0 Å². The summed E-state index contributed by atoms with van der Waals surface area (Å²) in [6.45, 7) is 6.34. The van der Waals surface area contributed by atoms with Gasteiger partial charge in [-0.2, -0.15) is 0 Å². The van der Waals surface area contributed by atoms with Gasteiger partial charge in [0.25, 0.3) is 0 Å². The molecule has 6 heteroatoms. The summed E-state index contributed by atoms with van der Waals surface area (Å²) in [6, 6.07) is 0. The van der Waals surface area contributed by atoms with Gasteiger partial charge < -0.3 is 14.2 Å². The minimum atomic E-state index is -0.799. The average molecular weight is 851 g/mol. The van der Waals surface area contributed by atoms with Gasteiger partial charge in [0.2, 0.25) is 0 Å². The maximum Gasteiger partial charge on any atom is 0.306 e. The fourth-order valence-corrected chi connectivity index (χ4v) is 6.99. The first-order chi connectivity index (χ1) is 30.0. The molecule has 0 aliphatic heterocycles. The molecule has 0 amide bonds. The van der Waals surface area contributed by atoms with Crippen molar-refractivity contribution in [2.75, 3.05) is 13.2 Å². The highest BCUT2D eigenvalue weighted by atomic mass is 16.6. The Hall–Kier alpha value is -3.15. The lowest BCUT2D eigenvalue weighted by atomic mass is 10.0. The first kappa shape index (κ1) is 57.9. The zero-order valence-electron chi connectivity index (χ0n) is 39.9. The molecule has 0 fully saturated rings. The highest BCUT2D eigenvalue weighted by Gasteiger charge is 2.19. The lowest BCUT2D eigenvalue weighted by molar-refractivity contribution is -0.167. The molecule has 0 rings (SSSR count). The van der Waals surface area contributed by atoms with Crippen LogP contribution in [0.2, 0.25) is 0 Å². The van der Waals surface area contributed by atoms with Crippen LogP contribution in [0.5, 0.6) is 0 Å². The Kier molecular flexibility index (Phi) is 46.9. The van der Waals surface area contributed by atoms with Crippen LogP contribution in [0, 0.1) is 0 Å². The molecule has 350 valence electrons. The first-order valence-corrected chi connectivity index (χ1v) is 25.5. The molecule has 0 radical (unpaired) electrons. The molecule has 0 aromatic heterocycles. The largest absolute Gasteiger partial charge is 0.462 e. The van der Waals surface area contributed by atoms with E-state index in [0.29, 0.717) is 19.3 Å². The lowest BCUT2D eigenvalue weighted by Gasteiger charge is -2.18. The minimum Gasteiger partial charge on any atom is -0.462 e. The third-order valence-electron chi connectivity index (χ3n) is 10.8. The molecular weight excluding hydrogens is 757 g/mol. The van der Waals surface area contributed by atoms with E-state index in [1.165, 1.54) is 96.3 Å². The topological polar surface area (TPSA) is 78.9 Å². The summed E-state index contributed by atoms with van der Waals surface area (Å²) in [6.07, 6.45) is 61.8. The summed E-state index contributed by atoms with van der Waals surface area (Å²) in [5.74, 6) is -0.955. The molecule has 0 aliphatic rings. The van der Waals surface area contributed by atoms with Gasteiger partial charge in [0.15, 0.2) is 6.10 Å². The number of unbranched alkanes of at least 4 members (excludes halogenated alkanes) is 24. The Bertz CT molecular complexity index is 1160. The molecule has 1 unspecified atom stereocenters. The van der Waals surface area contributed by atoms with Crippen molar-refractivity contribution in [1.29, 1.82) is 0 Å². The molecule has 6 nitrogen and oxygen atoms in total. The monoisotopic (exact) mass is 851 g/mol. The van der Waals surface area contributed by atoms with Crippen LogP contribution in [0.3, 0.4) is 0 Å². The van der Waals surface area contributed by atoms with Crippen LogP contribution in [0.4, 0.5) is 0 Å². The Morgan fingerprint density at radius 2 is 0.721 bits per heavy atom. The summed E-state index contributed by atoms with van der Waals surface area (Å²) in [4.78, 5) is 37.9. The second-order valence-electron chi connectivity index (χ2n) is 16.7. The average Bonchev–Trinajstić information content (AvgIpc) is 3.26. The molecule has 0 aromatic rings. The van der Waals surface area contributed by atoms with Crippen LogP contribution < -0.4 is 0 Å². The Morgan fingerprint density at radius 3 is 1.21 bits per heavy atom. The van der Waals surface area contributed by atoms with Gasteiger partial charge in [0.05, 0.1) is 0 Å². The number of esters is 3. The molecular formula is C55H94O6. The second-order valence-corrected chi connectivity index (χ2v) is 16.7. The quantitative estimate of drug-likeness (QED) is 0.0200. The van der Waals surface area contributed by atoms with Crippen LogP contribution >= 0.6 is 0 Å². The standard InChI is InChI=1S/C55H94O6/c1-4-7-10-13-16-19-22-25-26-27-28-29-31-33-36-39-42-45-48-54(57)60-51-52(50-59-53(56)47-44-41-38-35-32-24-21-18-15-12-9-6-3)61-55(58)49-46-43-40-37-34-30-23-20-17-14-11-8-5-2/h8-9,11-12,14,17-18,20-21,23,32,35,52H,4-7,10,13,15-16,19,22,24-31,33-34,36-51H2,1-3H3/b11-8-,12-9-,17-14-,21-18-,23-20-,35-32-. The Morgan fingerprint density at radius 1 is 0.361 bits per heavy atom. The summed E-state index contributed by atoms with van der Waals surface area (Å²) in [5, 5.41) is 0. The van der Waals surface area contributed by atoms with Crippen molar-refractivity contribution in [2.24, 2.45) is 0 Å². The third-order valence-corrected chi connectivity index (χ3v) is 10.8. The molecule has 0 saturated heterocycles. The lowest BCUT2D eigenvalue weighted by Crippen LogP contribution is -2.30. The van der Waals surface area contributed by atoms with Gasteiger partial charge in [-0.15, -0.1) is 0 Å². The minimum absolute atomic E-state index is 0.0946. The summed E-state index contributed by atoms with van der Waals surface area (Å²) in [7, 11) is 0. The smallest absolute Gasteiger partial charge is 0.306 e. The van der Waals surface area contributed by atoms with Crippen molar-refractivity contribution in [2.45, 2.75) is 245 Å². The van der Waals surface area contributed by atoms with Crippen LogP contribution in [0.25, 0.3) is 0 Å². The van der Waals surface area contributed by atoms with Crippen molar-refractivity contribution in [3.05, 3.63) is 72.9 Å². The predicted molar refractivity (Wildman–Crippen MR) is 261 cm³/mol. The van der Waals surface area contributed by atoms with E-state index < -0.39 is 6.10 Å². The zero-order valence-corrected chi connectivity index (χ0v) is 39.9. The molecule has 1 atom stereocenters. The van der Waals surface area contributed by atoms with Crippen molar-refractivity contribution in [3.63, 3.8) is 0 Å². The number of allylic oxidation sites excluding steroid dienone is 12. The van der Waals surface area contributed by atoms with Gasteiger partial charge in [-0.1, -0.05) is 222 Å². The maximum absolute atomic E-state index is 12.8. The van der Waals surface area contributed by atoms with E-state index >= 15 is 0 Å². The van der Waals surface area contributed by atoms with E-state index in [9.17, 15) is 14.4 Å². The van der Waals surface area contributed by atoms with Crippen molar-refractivity contribution >= 4 is 17.9 Å². The van der Waals surface area contributed by atoms with E-state index in [4.69, 9.17) is 14.2 Å². The maximum atomic E-state index is 12.8. The van der Waals surface area contributed by atoms with Gasteiger partial charge in [-0.25, -0.2) is 0 Å². The zero-order chi connectivity index (χ0) is 44.4. The molecule has 0 aliphatic carbocycles. The second kappa shape index (κ2) is 49.5. The van der Waals surface area contributed by atoms with E-state index in [2.05, 4.69) is 93.7 Å². The Balaban J connectivity index is 4.38. The molecule has 0 spiro atoms. The fraction of sp³-hybridized carbons (Fsp3) is 0.727. The molecule has 0 bridgehead atoms. The van der Waals surface area contributed by atoms with Gasteiger partial charge in [-0.3, -0.25) is 14.4 Å².